The summed E-state index contributed by atoms with van der Waals surface area (Å²) >= 11 is 3.23. The van der Waals surface area contributed by atoms with Crippen LogP contribution >= 0.6 is 15.9 Å². The molecule has 0 bridgehead atoms. The Hall–Kier alpha value is -1.23. The molecule has 0 atom stereocenters. The molecule has 13 heavy (non-hydrogen) atoms. The fourth-order valence-electron chi connectivity index (χ4n) is 0.743. The number of nitrogens with one attached hydrogen (secondary N) is 1. The number of halogens is 1. The molecule has 70 valence electrons. The highest BCUT2D eigenvalue weighted by Gasteiger charge is 2.02. The van der Waals surface area contributed by atoms with Gasteiger partial charge >= 0.3 is 6.09 Å². The second kappa shape index (κ2) is 4.13. The minimum absolute atomic E-state index is 0.417. The first-order valence-electron chi connectivity index (χ1n) is 3.58. The van der Waals surface area contributed by atoms with Crippen LogP contribution in [0.1, 0.15) is 0 Å². The Morgan fingerprint density at radius 1 is 1.62 bits per heavy atom. The van der Waals surface area contributed by atoms with Gasteiger partial charge in [0.15, 0.2) is 0 Å². The fourth-order valence-corrected chi connectivity index (χ4v) is 0.990. The summed E-state index contributed by atoms with van der Waals surface area (Å²) in [6.07, 6.45) is -0.512. The van der Waals surface area contributed by atoms with E-state index in [1.54, 1.807) is 18.2 Å². The molecule has 0 aliphatic rings. The van der Waals surface area contributed by atoms with Crippen LogP contribution in [0.4, 0.5) is 10.5 Å². The smallest absolute Gasteiger partial charge is 0.410 e. The van der Waals surface area contributed by atoms with Gasteiger partial charge in [-0.15, -0.1) is 0 Å². The molecule has 0 aliphatic carbocycles. The molecule has 5 heteroatoms. The minimum atomic E-state index is -0.512. The maximum atomic E-state index is 10.8. The van der Waals surface area contributed by atoms with Crippen LogP contribution in [0.3, 0.4) is 0 Å². The standard InChI is InChI=1S/C8H9BrN2O2/c1-11-8(12)13-5-2-3-6(9)7(10)4-5/h2-4H,10H2,1H3,(H,11,12). The third-order valence-corrected chi connectivity index (χ3v) is 2.10. The summed E-state index contributed by atoms with van der Waals surface area (Å²) < 4.78 is 5.62. The Labute approximate surface area is 84.2 Å². The lowest BCUT2D eigenvalue weighted by atomic mass is 10.3. The predicted molar refractivity (Wildman–Crippen MR) is 53.6 cm³/mol. The van der Waals surface area contributed by atoms with Gasteiger partial charge in [-0.05, 0) is 28.1 Å². The molecule has 4 nitrogen and oxygen atoms in total. The van der Waals surface area contributed by atoms with Crippen molar-refractivity contribution >= 4 is 27.7 Å². The van der Waals surface area contributed by atoms with Crippen molar-refractivity contribution in [2.45, 2.75) is 0 Å². The van der Waals surface area contributed by atoms with E-state index in [-0.39, 0.29) is 0 Å². The van der Waals surface area contributed by atoms with E-state index >= 15 is 0 Å². The fraction of sp³-hybridized carbons (Fsp3) is 0.125. The van der Waals surface area contributed by atoms with E-state index < -0.39 is 6.09 Å². The van der Waals surface area contributed by atoms with Gasteiger partial charge in [-0.1, -0.05) is 0 Å². The normalized spacial score (nSPS) is 9.38. The van der Waals surface area contributed by atoms with Crippen LogP contribution in [0.15, 0.2) is 22.7 Å². The van der Waals surface area contributed by atoms with Gasteiger partial charge in [-0.2, -0.15) is 0 Å². The van der Waals surface area contributed by atoms with Crippen molar-refractivity contribution < 1.29 is 9.53 Å². The number of nitrogen functional groups attached to an aromatic ring is 1. The number of benzene rings is 1. The quantitative estimate of drug-likeness (QED) is 0.741. The van der Waals surface area contributed by atoms with E-state index in [4.69, 9.17) is 10.5 Å². The maximum absolute atomic E-state index is 10.8. The van der Waals surface area contributed by atoms with Gasteiger partial charge in [0.2, 0.25) is 0 Å². The highest BCUT2D eigenvalue weighted by molar-refractivity contribution is 9.10. The van der Waals surface area contributed by atoms with Crippen molar-refractivity contribution in [3.8, 4) is 5.75 Å². The molecule has 1 amide bonds. The lowest BCUT2D eigenvalue weighted by molar-refractivity contribution is 0.203. The van der Waals surface area contributed by atoms with Gasteiger partial charge in [-0.25, -0.2) is 4.79 Å². The van der Waals surface area contributed by atoms with E-state index in [0.717, 1.165) is 4.47 Å². The third-order valence-electron chi connectivity index (χ3n) is 1.38. The van der Waals surface area contributed by atoms with Gasteiger partial charge in [0.05, 0.1) is 0 Å². The number of anilines is 1. The largest absolute Gasteiger partial charge is 0.412 e. The first kappa shape index (κ1) is 9.85. The van der Waals surface area contributed by atoms with Crippen LogP contribution in [-0.4, -0.2) is 13.1 Å². The zero-order chi connectivity index (χ0) is 9.84. The zero-order valence-corrected chi connectivity index (χ0v) is 8.59. The molecule has 0 unspecified atom stereocenters. The summed E-state index contributed by atoms with van der Waals surface area (Å²) in [5, 5.41) is 2.33. The van der Waals surface area contributed by atoms with E-state index in [2.05, 4.69) is 21.2 Å². The first-order chi connectivity index (χ1) is 6.13. The predicted octanol–water partition coefficient (Wildman–Crippen LogP) is 1.75. The summed E-state index contributed by atoms with van der Waals surface area (Å²) in [6, 6.07) is 4.93. The summed E-state index contributed by atoms with van der Waals surface area (Å²) in [5.41, 5.74) is 6.11. The SMILES string of the molecule is CNC(=O)Oc1ccc(Br)c(N)c1. The number of hydrogen-bond acceptors (Lipinski definition) is 3. The van der Waals surface area contributed by atoms with Crippen LogP contribution in [-0.2, 0) is 0 Å². The van der Waals surface area contributed by atoms with Crippen molar-refractivity contribution in [2.75, 3.05) is 12.8 Å². The molecule has 0 heterocycles. The molecule has 1 rings (SSSR count). The summed E-state index contributed by atoms with van der Waals surface area (Å²) in [4.78, 5) is 10.8. The van der Waals surface area contributed by atoms with E-state index in [9.17, 15) is 4.79 Å². The second-order valence-corrected chi connectivity index (χ2v) is 3.18. The second-order valence-electron chi connectivity index (χ2n) is 2.32. The highest BCUT2D eigenvalue weighted by Crippen LogP contribution is 2.24. The number of amides is 1. The number of nitrogens with two attached hydrogens (primary N) is 1. The van der Waals surface area contributed by atoms with Crippen LogP contribution in [0.25, 0.3) is 0 Å². The summed E-state index contributed by atoms with van der Waals surface area (Å²) in [7, 11) is 1.49. The average molecular weight is 245 g/mol. The first-order valence-corrected chi connectivity index (χ1v) is 4.37. The number of carbonyl (C=O) groups is 1. The van der Waals surface area contributed by atoms with Crippen molar-refractivity contribution in [2.24, 2.45) is 0 Å². The van der Waals surface area contributed by atoms with E-state index in [0.29, 0.717) is 11.4 Å². The summed E-state index contributed by atoms with van der Waals surface area (Å²) in [5.74, 6) is 0.417. The van der Waals surface area contributed by atoms with Gasteiger partial charge in [0, 0.05) is 23.3 Å². The molecule has 0 radical (unpaired) electrons. The molecular formula is C8H9BrN2O2. The number of carbonyl (C=O) groups excluding carboxylic acids is 1. The van der Waals surface area contributed by atoms with Crippen LogP contribution in [0.5, 0.6) is 5.75 Å². The highest BCUT2D eigenvalue weighted by atomic mass is 79.9. The van der Waals surface area contributed by atoms with Gasteiger partial charge < -0.3 is 15.8 Å². The third kappa shape index (κ3) is 2.62. The maximum Gasteiger partial charge on any atom is 0.412 e. The molecule has 0 spiro atoms. The van der Waals surface area contributed by atoms with Crippen molar-refractivity contribution in [1.29, 1.82) is 0 Å². The van der Waals surface area contributed by atoms with E-state index in [1.165, 1.54) is 7.05 Å². The van der Waals surface area contributed by atoms with Gasteiger partial charge in [-0.3, -0.25) is 0 Å². The molecule has 0 aliphatic heterocycles. The zero-order valence-electron chi connectivity index (χ0n) is 7.00. The molecule has 0 fully saturated rings. The Balaban J connectivity index is 2.79. The molecule has 1 aromatic carbocycles. The number of hydrogen-bond donors (Lipinski definition) is 2. The van der Waals surface area contributed by atoms with Crippen molar-refractivity contribution in [3.05, 3.63) is 22.7 Å². The Morgan fingerprint density at radius 3 is 2.85 bits per heavy atom. The lowest BCUT2D eigenvalue weighted by Gasteiger charge is -2.04. The van der Waals surface area contributed by atoms with E-state index in [1.807, 2.05) is 0 Å². The molecule has 0 aromatic heterocycles. The number of rotatable bonds is 1. The Kier molecular flexibility index (Phi) is 3.13. The molecule has 1 aromatic rings. The molecule has 0 saturated heterocycles. The Bertz CT molecular complexity index is 328. The Morgan fingerprint density at radius 2 is 2.31 bits per heavy atom. The van der Waals surface area contributed by atoms with Crippen LogP contribution in [0.2, 0.25) is 0 Å². The lowest BCUT2D eigenvalue weighted by Crippen LogP contribution is -2.22. The summed E-state index contributed by atoms with van der Waals surface area (Å²) in [6.45, 7) is 0. The van der Waals surface area contributed by atoms with Crippen molar-refractivity contribution in [3.63, 3.8) is 0 Å². The average Bonchev–Trinajstić information content (AvgIpc) is 2.11. The van der Waals surface area contributed by atoms with Gasteiger partial charge in [0.25, 0.3) is 0 Å². The van der Waals surface area contributed by atoms with Gasteiger partial charge in [0.1, 0.15) is 5.75 Å². The van der Waals surface area contributed by atoms with Crippen LogP contribution < -0.4 is 15.8 Å². The molecule has 0 saturated carbocycles. The molecular weight excluding hydrogens is 236 g/mol. The van der Waals surface area contributed by atoms with Crippen LogP contribution in [0, 0.1) is 0 Å². The monoisotopic (exact) mass is 244 g/mol. The van der Waals surface area contributed by atoms with Crippen molar-refractivity contribution in [1.82, 2.24) is 5.32 Å². The topological polar surface area (TPSA) is 64.3 Å². The number of ether oxygens (including phenoxy) is 1. The molecule has 3 N–H and O–H groups in total. The minimum Gasteiger partial charge on any atom is -0.410 e.